The average molecular weight is 190 g/mol. The first-order chi connectivity index (χ1) is 6.16. The molecule has 0 atom stereocenters. The number of hydroxylamine groups is 1. The van der Waals surface area contributed by atoms with Crippen molar-refractivity contribution in [3.8, 4) is 0 Å². The molecule has 0 saturated carbocycles. The number of hydrogen-bond acceptors (Lipinski definition) is 3. The van der Waals surface area contributed by atoms with Gasteiger partial charge in [-0.05, 0) is 6.42 Å². The second-order valence-electron chi connectivity index (χ2n) is 2.39. The van der Waals surface area contributed by atoms with Crippen LogP contribution in [0.1, 0.15) is 19.8 Å². The van der Waals surface area contributed by atoms with E-state index < -0.39 is 18.6 Å². The molecule has 2 amide bonds. The number of hydrogen-bond donors (Lipinski definition) is 3. The quantitative estimate of drug-likeness (QED) is 0.409. The lowest BCUT2D eigenvalue weighted by Gasteiger charge is -2.04. The Bertz CT molecular complexity index is 172. The second-order valence-corrected chi connectivity index (χ2v) is 2.39. The molecule has 0 saturated heterocycles. The van der Waals surface area contributed by atoms with E-state index in [9.17, 15) is 9.59 Å². The Morgan fingerprint density at radius 2 is 2.15 bits per heavy atom. The molecular weight excluding hydrogens is 176 g/mol. The van der Waals surface area contributed by atoms with E-state index in [2.05, 4.69) is 10.2 Å². The topological polar surface area (TPSA) is 87.7 Å². The molecule has 0 bridgehead atoms. The van der Waals surface area contributed by atoms with Crippen LogP contribution in [0.3, 0.4) is 0 Å². The fourth-order valence-electron chi connectivity index (χ4n) is 0.578. The Morgan fingerprint density at radius 3 is 2.69 bits per heavy atom. The maximum absolute atomic E-state index is 10.8. The lowest BCUT2D eigenvalue weighted by Crippen LogP contribution is -2.37. The van der Waals surface area contributed by atoms with Gasteiger partial charge in [-0.2, -0.15) is 0 Å². The first-order valence-corrected chi connectivity index (χ1v) is 4.04. The minimum Gasteiger partial charge on any atom is -0.479 e. The van der Waals surface area contributed by atoms with Gasteiger partial charge in [-0.15, -0.1) is 0 Å². The summed E-state index contributed by atoms with van der Waals surface area (Å²) in [4.78, 5) is 25.0. The number of nitrogens with one attached hydrogen (secondary N) is 2. The highest BCUT2D eigenvalue weighted by atomic mass is 16.7. The summed E-state index contributed by atoms with van der Waals surface area (Å²) >= 11 is 0. The fourth-order valence-corrected chi connectivity index (χ4v) is 0.578. The molecular formula is C7H14N2O4. The summed E-state index contributed by atoms with van der Waals surface area (Å²) in [5, 5.41) is 10.6. The highest BCUT2D eigenvalue weighted by molar-refractivity contribution is 5.73. The van der Waals surface area contributed by atoms with Crippen LogP contribution in [0.15, 0.2) is 0 Å². The maximum Gasteiger partial charge on any atom is 0.338 e. The van der Waals surface area contributed by atoms with Crippen LogP contribution in [0.4, 0.5) is 4.79 Å². The van der Waals surface area contributed by atoms with Crippen LogP contribution in [0, 0.1) is 0 Å². The molecule has 0 aliphatic rings. The molecule has 0 heterocycles. The van der Waals surface area contributed by atoms with E-state index in [0.29, 0.717) is 6.54 Å². The summed E-state index contributed by atoms with van der Waals surface area (Å²) in [5.41, 5.74) is 1.94. The maximum atomic E-state index is 10.8. The average Bonchev–Trinajstić information content (AvgIpc) is 2.04. The monoisotopic (exact) mass is 190 g/mol. The van der Waals surface area contributed by atoms with Crippen molar-refractivity contribution in [1.82, 2.24) is 10.8 Å². The minimum absolute atomic E-state index is 0.519. The van der Waals surface area contributed by atoms with Crippen LogP contribution < -0.4 is 10.8 Å². The normalized spacial score (nSPS) is 9.31. The molecule has 76 valence electrons. The smallest absolute Gasteiger partial charge is 0.338 e. The molecule has 0 aromatic rings. The van der Waals surface area contributed by atoms with Crippen molar-refractivity contribution in [3.63, 3.8) is 0 Å². The molecule has 6 nitrogen and oxygen atoms in total. The number of aliphatic carboxylic acids is 1. The second kappa shape index (κ2) is 7.35. The van der Waals surface area contributed by atoms with Gasteiger partial charge in [0.15, 0.2) is 6.61 Å². The minimum atomic E-state index is -1.13. The predicted molar refractivity (Wildman–Crippen MR) is 45.0 cm³/mol. The molecule has 0 fully saturated rings. The molecule has 0 radical (unpaired) electrons. The van der Waals surface area contributed by atoms with Gasteiger partial charge >= 0.3 is 12.0 Å². The van der Waals surface area contributed by atoms with E-state index in [1.807, 2.05) is 12.4 Å². The van der Waals surface area contributed by atoms with Crippen LogP contribution in [0.5, 0.6) is 0 Å². The summed E-state index contributed by atoms with van der Waals surface area (Å²) in [6, 6.07) is -0.519. The third-order valence-corrected chi connectivity index (χ3v) is 1.18. The first-order valence-electron chi connectivity index (χ1n) is 4.04. The van der Waals surface area contributed by atoms with Crippen LogP contribution in [0.2, 0.25) is 0 Å². The number of unbranched alkanes of at least 4 members (excludes halogenated alkanes) is 1. The van der Waals surface area contributed by atoms with E-state index in [-0.39, 0.29) is 0 Å². The van der Waals surface area contributed by atoms with Gasteiger partial charge < -0.3 is 10.4 Å². The number of carbonyl (C=O) groups excluding carboxylic acids is 1. The summed E-state index contributed by atoms with van der Waals surface area (Å²) in [5.74, 6) is -1.13. The van der Waals surface area contributed by atoms with Crippen molar-refractivity contribution in [2.45, 2.75) is 19.8 Å². The van der Waals surface area contributed by atoms with Crippen LogP contribution in [-0.4, -0.2) is 30.3 Å². The van der Waals surface area contributed by atoms with Gasteiger partial charge in [0, 0.05) is 6.54 Å². The SMILES string of the molecule is CCCCNC(=O)NOCC(=O)O. The van der Waals surface area contributed by atoms with Crippen molar-refractivity contribution < 1.29 is 19.5 Å². The van der Waals surface area contributed by atoms with Crippen molar-refractivity contribution in [2.75, 3.05) is 13.2 Å². The Balaban J connectivity index is 3.25. The summed E-state index contributed by atoms with van der Waals surface area (Å²) in [6.07, 6.45) is 1.86. The zero-order valence-corrected chi connectivity index (χ0v) is 7.50. The third kappa shape index (κ3) is 8.61. The zero-order valence-electron chi connectivity index (χ0n) is 7.50. The lowest BCUT2D eigenvalue weighted by molar-refractivity contribution is -0.144. The van der Waals surface area contributed by atoms with Gasteiger partial charge in [0.2, 0.25) is 0 Å². The van der Waals surface area contributed by atoms with Gasteiger partial charge in [0.05, 0.1) is 0 Å². The van der Waals surface area contributed by atoms with Gasteiger partial charge in [0.25, 0.3) is 0 Å². The standard InChI is InChI=1S/C7H14N2O4/c1-2-3-4-8-7(12)9-13-5-6(10)11/h2-5H2,1H3,(H,10,11)(H2,8,9,12). The number of carboxylic acids is 1. The Hall–Kier alpha value is -1.30. The highest BCUT2D eigenvalue weighted by Gasteiger charge is 2.00. The molecule has 6 heteroatoms. The molecule has 0 aliphatic carbocycles. The van der Waals surface area contributed by atoms with Crippen LogP contribution >= 0.6 is 0 Å². The molecule has 0 spiro atoms. The molecule has 0 aromatic heterocycles. The van der Waals surface area contributed by atoms with Crippen molar-refractivity contribution in [3.05, 3.63) is 0 Å². The molecule has 0 aromatic carbocycles. The summed E-state index contributed by atoms with van der Waals surface area (Å²) < 4.78 is 0. The van der Waals surface area contributed by atoms with E-state index in [1.54, 1.807) is 0 Å². The number of carboxylic acid groups (broad SMARTS) is 1. The van der Waals surface area contributed by atoms with Gasteiger partial charge in [-0.25, -0.2) is 15.1 Å². The summed E-state index contributed by atoms with van der Waals surface area (Å²) in [7, 11) is 0. The number of carbonyl (C=O) groups is 2. The summed E-state index contributed by atoms with van der Waals surface area (Å²) in [6.45, 7) is 2.01. The number of rotatable bonds is 6. The van der Waals surface area contributed by atoms with E-state index in [0.717, 1.165) is 12.8 Å². The number of urea groups is 1. The van der Waals surface area contributed by atoms with E-state index in [4.69, 9.17) is 5.11 Å². The highest BCUT2D eigenvalue weighted by Crippen LogP contribution is 1.81. The third-order valence-electron chi connectivity index (χ3n) is 1.18. The van der Waals surface area contributed by atoms with Crippen molar-refractivity contribution >= 4 is 12.0 Å². The first kappa shape index (κ1) is 11.7. The predicted octanol–water partition coefficient (Wildman–Crippen LogP) is 0.102. The molecule has 3 N–H and O–H groups in total. The Kier molecular flexibility index (Phi) is 6.62. The lowest BCUT2D eigenvalue weighted by atomic mass is 10.3. The van der Waals surface area contributed by atoms with Gasteiger partial charge in [0.1, 0.15) is 0 Å². The van der Waals surface area contributed by atoms with Crippen molar-refractivity contribution in [2.24, 2.45) is 0 Å². The molecule has 0 unspecified atom stereocenters. The Labute approximate surface area is 76.2 Å². The molecule has 13 heavy (non-hydrogen) atoms. The zero-order chi connectivity index (χ0) is 10.1. The van der Waals surface area contributed by atoms with E-state index >= 15 is 0 Å². The van der Waals surface area contributed by atoms with Gasteiger partial charge in [-0.3, -0.25) is 4.84 Å². The fraction of sp³-hybridized carbons (Fsp3) is 0.714. The van der Waals surface area contributed by atoms with Gasteiger partial charge in [-0.1, -0.05) is 13.3 Å². The van der Waals surface area contributed by atoms with E-state index in [1.165, 1.54) is 0 Å². The largest absolute Gasteiger partial charge is 0.479 e. The number of amides is 2. The Morgan fingerprint density at radius 1 is 1.46 bits per heavy atom. The van der Waals surface area contributed by atoms with Crippen molar-refractivity contribution in [1.29, 1.82) is 0 Å². The van der Waals surface area contributed by atoms with Crippen LogP contribution in [0.25, 0.3) is 0 Å². The molecule has 0 rings (SSSR count). The van der Waals surface area contributed by atoms with Crippen LogP contribution in [-0.2, 0) is 9.63 Å². The molecule has 0 aliphatic heterocycles.